The standard InChI is InChI=1S/C15H17F3N2S/c1-9(2)14(5-6-14)8-19-13-20-11-7-10(15(16,17)18)3-4-12(11)21-13/h3-4,7,9H,5-6,8H2,1-2H3,(H,19,20). The maximum absolute atomic E-state index is 12.7. The van der Waals surface area contributed by atoms with Gasteiger partial charge in [0.25, 0.3) is 0 Å². The van der Waals surface area contributed by atoms with Crippen LogP contribution in [0.5, 0.6) is 0 Å². The monoisotopic (exact) mass is 314 g/mol. The van der Waals surface area contributed by atoms with E-state index in [4.69, 9.17) is 0 Å². The van der Waals surface area contributed by atoms with Crippen LogP contribution in [-0.4, -0.2) is 11.5 Å². The van der Waals surface area contributed by atoms with Crippen LogP contribution < -0.4 is 5.32 Å². The lowest BCUT2D eigenvalue weighted by molar-refractivity contribution is -0.137. The van der Waals surface area contributed by atoms with E-state index in [1.54, 1.807) is 0 Å². The summed E-state index contributed by atoms with van der Waals surface area (Å²) in [5.41, 5.74) is 0.106. The number of anilines is 1. The number of hydrogen-bond acceptors (Lipinski definition) is 3. The molecule has 2 nitrogen and oxygen atoms in total. The van der Waals surface area contributed by atoms with E-state index in [0.717, 1.165) is 23.4 Å². The Morgan fingerprint density at radius 1 is 1.33 bits per heavy atom. The molecule has 2 aromatic rings. The van der Waals surface area contributed by atoms with Gasteiger partial charge in [-0.15, -0.1) is 0 Å². The third kappa shape index (κ3) is 2.86. The number of fused-ring (bicyclic) bond motifs is 1. The Balaban J connectivity index is 1.78. The first kappa shape index (κ1) is 14.6. The topological polar surface area (TPSA) is 24.9 Å². The molecule has 1 aromatic carbocycles. The Morgan fingerprint density at radius 2 is 2.05 bits per heavy atom. The minimum Gasteiger partial charge on any atom is -0.361 e. The van der Waals surface area contributed by atoms with Gasteiger partial charge >= 0.3 is 6.18 Å². The summed E-state index contributed by atoms with van der Waals surface area (Å²) >= 11 is 1.41. The highest BCUT2D eigenvalue weighted by molar-refractivity contribution is 7.22. The Bertz CT molecular complexity index is 656. The number of alkyl halides is 3. The van der Waals surface area contributed by atoms with Crippen molar-refractivity contribution in [2.75, 3.05) is 11.9 Å². The first-order chi connectivity index (χ1) is 9.80. The van der Waals surface area contributed by atoms with E-state index >= 15 is 0 Å². The molecule has 1 saturated carbocycles. The fourth-order valence-corrected chi connectivity index (χ4v) is 3.39. The van der Waals surface area contributed by atoms with E-state index in [1.807, 2.05) is 0 Å². The largest absolute Gasteiger partial charge is 0.416 e. The van der Waals surface area contributed by atoms with E-state index in [-0.39, 0.29) is 0 Å². The van der Waals surface area contributed by atoms with Crippen LogP contribution in [0.15, 0.2) is 18.2 Å². The van der Waals surface area contributed by atoms with Crippen molar-refractivity contribution < 1.29 is 13.2 Å². The molecule has 1 heterocycles. The summed E-state index contributed by atoms with van der Waals surface area (Å²) in [4.78, 5) is 4.28. The predicted octanol–water partition coefficient (Wildman–Crippen LogP) is 5.16. The highest BCUT2D eigenvalue weighted by Crippen LogP contribution is 2.51. The van der Waals surface area contributed by atoms with Crippen molar-refractivity contribution in [3.05, 3.63) is 23.8 Å². The molecule has 1 aromatic heterocycles. The maximum atomic E-state index is 12.7. The first-order valence-corrected chi connectivity index (χ1v) is 7.83. The molecule has 0 atom stereocenters. The van der Waals surface area contributed by atoms with Crippen LogP contribution in [0.2, 0.25) is 0 Å². The van der Waals surface area contributed by atoms with E-state index in [1.165, 1.54) is 30.2 Å². The molecular weight excluding hydrogens is 297 g/mol. The van der Waals surface area contributed by atoms with Gasteiger partial charge in [0.15, 0.2) is 5.13 Å². The number of nitrogens with zero attached hydrogens (tertiary/aromatic N) is 1. The Hall–Kier alpha value is -1.30. The van der Waals surface area contributed by atoms with E-state index < -0.39 is 11.7 Å². The Kier molecular flexibility index (Phi) is 3.39. The summed E-state index contributed by atoms with van der Waals surface area (Å²) in [6.45, 7) is 5.27. The fraction of sp³-hybridized carbons (Fsp3) is 0.533. The molecule has 3 rings (SSSR count). The summed E-state index contributed by atoms with van der Waals surface area (Å²) in [6.07, 6.45) is -1.90. The summed E-state index contributed by atoms with van der Waals surface area (Å²) in [5, 5.41) is 4.01. The fourth-order valence-electron chi connectivity index (χ4n) is 2.55. The number of nitrogens with one attached hydrogen (secondary N) is 1. The quantitative estimate of drug-likeness (QED) is 0.843. The van der Waals surface area contributed by atoms with Gasteiger partial charge < -0.3 is 5.32 Å². The minimum atomic E-state index is -4.32. The zero-order valence-corrected chi connectivity index (χ0v) is 12.7. The highest BCUT2D eigenvalue weighted by Gasteiger charge is 2.45. The van der Waals surface area contributed by atoms with Gasteiger partial charge in [-0.05, 0) is 42.4 Å². The average molecular weight is 314 g/mol. The molecule has 1 fully saturated rings. The van der Waals surface area contributed by atoms with Crippen LogP contribution in [0, 0.1) is 11.3 Å². The number of rotatable bonds is 4. The molecule has 0 spiro atoms. The van der Waals surface area contributed by atoms with Crippen molar-refractivity contribution in [1.82, 2.24) is 4.98 Å². The Morgan fingerprint density at radius 3 is 2.62 bits per heavy atom. The lowest BCUT2D eigenvalue weighted by atomic mass is 9.92. The van der Waals surface area contributed by atoms with Crippen LogP contribution in [0.3, 0.4) is 0 Å². The van der Waals surface area contributed by atoms with Crippen LogP contribution in [0.1, 0.15) is 32.3 Å². The minimum absolute atomic E-state index is 0.342. The van der Waals surface area contributed by atoms with Gasteiger partial charge in [-0.3, -0.25) is 0 Å². The van der Waals surface area contributed by atoms with Gasteiger partial charge in [0.2, 0.25) is 0 Å². The van der Waals surface area contributed by atoms with Crippen molar-refractivity contribution in [1.29, 1.82) is 0 Å². The average Bonchev–Trinajstić information content (AvgIpc) is 3.08. The molecule has 114 valence electrons. The first-order valence-electron chi connectivity index (χ1n) is 7.02. The Labute approximate surface area is 125 Å². The molecule has 0 bridgehead atoms. The molecule has 0 saturated heterocycles. The van der Waals surface area contributed by atoms with Crippen LogP contribution in [-0.2, 0) is 6.18 Å². The number of hydrogen-bond donors (Lipinski definition) is 1. The summed E-state index contributed by atoms with van der Waals surface area (Å²) in [5.74, 6) is 0.608. The lowest BCUT2D eigenvalue weighted by Gasteiger charge is -2.19. The summed E-state index contributed by atoms with van der Waals surface area (Å²) in [7, 11) is 0. The number of thiazole rings is 1. The highest BCUT2D eigenvalue weighted by atomic mass is 32.1. The number of halogens is 3. The van der Waals surface area contributed by atoms with Gasteiger partial charge in [-0.1, -0.05) is 25.2 Å². The molecule has 1 N–H and O–H groups in total. The van der Waals surface area contributed by atoms with Crippen molar-refractivity contribution in [3.63, 3.8) is 0 Å². The molecule has 6 heteroatoms. The lowest BCUT2D eigenvalue weighted by Crippen LogP contribution is -2.20. The molecule has 0 aliphatic heterocycles. The van der Waals surface area contributed by atoms with Crippen LogP contribution >= 0.6 is 11.3 Å². The predicted molar refractivity (Wildman–Crippen MR) is 79.6 cm³/mol. The summed E-state index contributed by atoms with van der Waals surface area (Å²) in [6, 6.07) is 3.73. The second-order valence-electron chi connectivity index (χ2n) is 6.07. The third-order valence-electron chi connectivity index (χ3n) is 4.42. The maximum Gasteiger partial charge on any atom is 0.416 e. The zero-order chi connectivity index (χ0) is 15.3. The third-order valence-corrected chi connectivity index (χ3v) is 5.42. The SMILES string of the molecule is CC(C)C1(CNc2nc3cc(C(F)(F)F)ccc3s2)CC1. The number of benzene rings is 1. The molecule has 1 aliphatic carbocycles. The van der Waals surface area contributed by atoms with Crippen molar-refractivity contribution in [3.8, 4) is 0 Å². The normalized spacial score (nSPS) is 17.4. The van der Waals surface area contributed by atoms with Crippen LogP contribution in [0.4, 0.5) is 18.3 Å². The molecular formula is C15H17F3N2S. The van der Waals surface area contributed by atoms with Gasteiger partial charge in [0, 0.05) is 6.54 Å². The van der Waals surface area contributed by atoms with Crippen LogP contribution in [0.25, 0.3) is 10.2 Å². The van der Waals surface area contributed by atoms with Crippen molar-refractivity contribution in [2.24, 2.45) is 11.3 Å². The molecule has 1 aliphatic rings. The van der Waals surface area contributed by atoms with Gasteiger partial charge in [0.1, 0.15) is 0 Å². The second-order valence-corrected chi connectivity index (χ2v) is 7.10. The van der Waals surface area contributed by atoms with Gasteiger partial charge in [-0.25, -0.2) is 4.98 Å². The van der Waals surface area contributed by atoms with E-state index in [2.05, 4.69) is 24.1 Å². The van der Waals surface area contributed by atoms with Gasteiger partial charge in [-0.2, -0.15) is 13.2 Å². The van der Waals surface area contributed by atoms with Crippen molar-refractivity contribution in [2.45, 2.75) is 32.9 Å². The second kappa shape index (κ2) is 4.87. The number of aromatic nitrogens is 1. The van der Waals surface area contributed by atoms with E-state index in [9.17, 15) is 13.2 Å². The van der Waals surface area contributed by atoms with E-state index in [0.29, 0.717) is 22.0 Å². The molecule has 0 radical (unpaired) electrons. The molecule has 21 heavy (non-hydrogen) atoms. The molecule has 0 amide bonds. The van der Waals surface area contributed by atoms with Crippen molar-refractivity contribution >= 4 is 26.7 Å². The van der Waals surface area contributed by atoms with Gasteiger partial charge in [0.05, 0.1) is 15.8 Å². The zero-order valence-electron chi connectivity index (χ0n) is 11.9. The summed E-state index contributed by atoms with van der Waals surface area (Å²) < 4.78 is 38.8. The smallest absolute Gasteiger partial charge is 0.361 e. The molecule has 0 unspecified atom stereocenters.